The zero-order valence-corrected chi connectivity index (χ0v) is 9.52. The van der Waals surface area contributed by atoms with E-state index in [1.54, 1.807) is 6.33 Å². The van der Waals surface area contributed by atoms with E-state index in [4.69, 9.17) is 9.84 Å². The number of hydrogen-bond acceptors (Lipinski definition) is 5. The van der Waals surface area contributed by atoms with Crippen molar-refractivity contribution in [3.63, 3.8) is 0 Å². The first kappa shape index (κ1) is 11.4. The topological polar surface area (TPSA) is 77.2 Å². The minimum Gasteiger partial charge on any atom is -0.481 e. The van der Waals surface area contributed by atoms with Gasteiger partial charge in [0.25, 0.3) is 0 Å². The second-order valence-electron chi connectivity index (χ2n) is 3.68. The van der Waals surface area contributed by atoms with Crippen LogP contribution < -0.4 is 0 Å². The van der Waals surface area contributed by atoms with Gasteiger partial charge in [-0.05, 0) is 6.42 Å². The van der Waals surface area contributed by atoms with Gasteiger partial charge in [0, 0.05) is 19.1 Å². The van der Waals surface area contributed by atoms with Gasteiger partial charge in [0.15, 0.2) is 5.16 Å². The Labute approximate surface area is 97.0 Å². The molecule has 88 valence electrons. The predicted octanol–water partition coefficient (Wildman–Crippen LogP) is 0.491. The lowest BCUT2D eigenvalue weighted by Crippen LogP contribution is -2.11. The number of carboxylic acid groups (broad SMARTS) is 1. The molecule has 2 rings (SSSR count). The van der Waals surface area contributed by atoms with Crippen LogP contribution in [0.5, 0.6) is 0 Å². The summed E-state index contributed by atoms with van der Waals surface area (Å²) in [4.78, 5) is 10.5. The summed E-state index contributed by atoms with van der Waals surface area (Å²) in [7, 11) is 0. The lowest BCUT2D eigenvalue weighted by Gasteiger charge is -2.09. The Balaban J connectivity index is 1.92. The van der Waals surface area contributed by atoms with E-state index in [-0.39, 0.29) is 5.75 Å². The molecule has 0 saturated carbocycles. The van der Waals surface area contributed by atoms with Crippen molar-refractivity contribution in [1.29, 1.82) is 0 Å². The molecule has 1 aromatic heterocycles. The highest BCUT2D eigenvalue weighted by Crippen LogP contribution is 2.19. The fourth-order valence-corrected chi connectivity index (χ4v) is 2.26. The molecule has 1 aliphatic rings. The van der Waals surface area contributed by atoms with Crippen molar-refractivity contribution in [2.45, 2.75) is 18.1 Å². The van der Waals surface area contributed by atoms with Crippen LogP contribution in [0.15, 0.2) is 11.5 Å². The van der Waals surface area contributed by atoms with Gasteiger partial charge in [-0.1, -0.05) is 11.8 Å². The maximum atomic E-state index is 10.5. The zero-order valence-electron chi connectivity index (χ0n) is 8.70. The smallest absolute Gasteiger partial charge is 0.313 e. The van der Waals surface area contributed by atoms with Gasteiger partial charge in [-0.2, -0.15) is 0 Å². The minimum absolute atomic E-state index is 0.0137. The number of hydrogen-bond donors (Lipinski definition) is 1. The standard InChI is InChI=1S/C9H13N3O3S/c13-8(14)5-16-9-11-10-6-12(9)3-7-1-2-15-4-7/h6-7H,1-5H2,(H,13,14). The van der Waals surface area contributed by atoms with Gasteiger partial charge in [-0.3, -0.25) is 4.79 Å². The van der Waals surface area contributed by atoms with Gasteiger partial charge < -0.3 is 14.4 Å². The monoisotopic (exact) mass is 243 g/mol. The SMILES string of the molecule is O=C(O)CSc1nncn1CC1CCOC1. The van der Waals surface area contributed by atoms with Crippen molar-refractivity contribution in [1.82, 2.24) is 14.8 Å². The Morgan fingerprint density at radius 2 is 2.62 bits per heavy atom. The van der Waals surface area contributed by atoms with Crippen molar-refractivity contribution in [3.8, 4) is 0 Å². The first-order chi connectivity index (χ1) is 7.75. The second kappa shape index (κ2) is 5.31. The maximum Gasteiger partial charge on any atom is 0.313 e. The second-order valence-corrected chi connectivity index (χ2v) is 4.62. The number of aromatic nitrogens is 3. The number of aliphatic carboxylic acids is 1. The van der Waals surface area contributed by atoms with Crippen LogP contribution in [-0.4, -0.2) is 44.8 Å². The molecule has 0 radical (unpaired) electrons. The van der Waals surface area contributed by atoms with Crippen LogP contribution in [0.3, 0.4) is 0 Å². The Morgan fingerprint density at radius 3 is 3.31 bits per heavy atom. The van der Waals surface area contributed by atoms with Gasteiger partial charge in [0.1, 0.15) is 6.33 Å². The number of carbonyl (C=O) groups is 1. The van der Waals surface area contributed by atoms with Crippen molar-refractivity contribution >= 4 is 17.7 Å². The third-order valence-electron chi connectivity index (χ3n) is 2.38. The van der Waals surface area contributed by atoms with Crippen molar-refractivity contribution < 1.29 is 14.6 Å². The molecule has 0 aromatic carbocycles. The van der Waals surface area contributed by atoms with Crippen LogP contribution in [0, 0.1) is 5.92 Å². The molecule has 1 unspecified atom stereocenters. The van der Waals surface area contributed by atoms with Gasteiger partial charge in [0.2, 0.25) is 0 Å². The first-order valence-electron chi connectivity index (χ1n) is 5.06. The van der Waals surface area contributed by atoms with E-state index in [9.17, 15) is 4.79 Å². The van der Waals surface area contributed by atoms with E-state index in [1.165, 1.54) is 11.8 Å². The van der Waals surface area contributed by atoms with E-state index in [1.807, 2.05) is 4.57 Å². The van der Waals surface area contributed by atoms with E-state index < -0.39 is 5.97 Å². The summed E-state index contributed by atoms with van der Waals surface area (Å²) in [5, 5.41) is 17.0. The molecule has 1 atom stereocenters. The van der Waals surface area contributed by atoms with Gasteiger partial charge in [-0.25, -0.2) is 0 Å². The molecule has 16 heavy (non-hydrogen) atoms. The summed E-state index contributed by atoms with van der Waals surface area (Å²) in [6, 6.07) is 0. The molecule has 1 aromatic rings. The molecule has 6 nitrogen and oxygen atoms in total. The van der Waals surface area contributed by atoms with Crippen molar-refractivity contribution in [2.75, 3.05) is 19.0 Å². The maximum absolute atomic E-state index is 10.5. The summed E-state index contributed by atoms with van der Waals surface area (Å²) < 4.78 is 7.18. The third-order valence-corrected chi connectivity index (χ3v) is 3.35. The number of thioether (sulfide) groups is 1. The predicted molar refractivity (Wildman–Crippen MR) is 57.3 cm³/mol. The number of rotatable bonds is 5. The van der Waals surface area contributed by atoms with E-state index in [0.29, 0.717) is 11.1 Å². The Kier molecular flexibility index (Phi) is 3.79. The summed E-state index contributed by atoms with van der Waals surface area (Å²) >= 11 is 1.19. The van der Waals surface area contributed by atoms with Crippen LogP contribution in [0.25, 0.3) is 0 Å². The zero-order chi connectivity index (χ0) is 11.4. The normalized spacial score (nSPS) is 20.1. The highest BCUT2D eigenvalue weighted by Gasteiger charge is 2.18. The summed E-state index contributed by atoms with van der Waals surface area (Å²) in [5.74, 6) is -0.344. The van der Waals surface area contributed by atoms with Crippen molar-refractivity contribution in [2.24, 2.45) is 5.92 Å². The molecule has 2 heterocycles. The molecule has 1 N–H and O–H groups in total. The molecule has 0 aliphatic carbocycles. The Bertz CT molecular complexity index is 363. The van der Waals surface area contributed by atoms with Gasteiger partial charge in [0.05, 0.1) is 12.4 Å². The number of ether oxygens (including phenoxy) is 1. The lowest BCUT2D eigenvalue weighted by molar-refractivity contribution is -0.133. The molecule has 0 spiro atoms. The Hall–Kier alpha value is -1.08. The fraction of sp³-hybridized carbons (Fsp3) is 0.667. The van der Waals surface area contributed by atoms with E-state index in [0.717, 1.165) is 26.2 Å². The molecular weight excluding hydrogens is 230 g/mol. The van der Waals surface area contributed by atoms with Crippen LogP contribution in [0.2, 0.25) is 0 Å². The minimum atomic E-state index is -0.844. The lowest BCUT2D eigenvalue weighted by atomic mass is 10.1. The molecule has 7 heteroatoms. The highest BCUT2D eigenvalue weighted by atomic mass is 32.2. The molecule has 0 amide bonds. The van der Waals surface area contributed by atoms with Crippen molar-refractivity contribution in [3.05, 3.63) is 6.33 Å². The van der Waals surface area contributed by atoms with E-state index >= 15 is 0 Å². The molecule has 1 aliphatic heterocycles. The average molecular weight is 243 g/mol. The largest absolute Gasteiger partial charge is 0.481 e. The van der Waals surface area contributed by atoms with Crippen LogP contribution in [0.1, 0.15) is 6.42 Å². The molecule has 1 fully saturated rings. The highest BCUT2D eigenvalue weighted by molar-refractivity contribution is 7.99. The van der Waals surface area contributed by atoms with Crippen LogP contribution in [-0.2, 0) is 16.1 Å². The van der Waals surface area contributed by atoms with E-state index in [2.05, 4.69) is 10.2 Å². The third kappa shape index (κ3) is 2.96. The van der Waals surface area contributed by atoms with Gasteiger partial charge in [-0.15, -0.1) is 10.2 Å². The molecular formula is C9H13N3O3S. The summed E-state index contributed by atoms with van der Waals surface area (Å²) in [6.45, 7) is 2.38. The summed E-state index contributed by atoms with van der Waals surface area (Å²) in [5.41, 5.74) is 0. The van der Waals surface area contributed by atoms with Crippen LogP contribution >= 0.6 is 11.8 Å². The fourth-order valence-electron chi connectivity index (χ4n) is 1.61. The Morgan fingerprint density at radius 1 is 1.75 bits per heavy atom. The molecule has 0 bridgehead atoms. The number of carboxylic acids is 1. The summed E-state index contributed by atoms with van der Waals surface area (Å²) in [6.07, 6.45) is 2.68. The van der Waals surface area contributed by atoms with Crippen LogP contribution in [0.4, 0.5) is 0 Å². The molecule has 1 saturated heterocycles. The van der Waals surface area contributed by atoms with Gasteiger partial charge >= 0.3 is 5.97 Å². The number of nitrogens with zero attached hydrogens (tertiary/aromatic N) is 3. The quantitative estimate of drug-likeness (QED) is 0.758. The first-order valence-corrected chi connectivity index (χ1v) is 6.04. The average Bonchev–Trinajstić information content (AvgIpc) is 2.87.